The Morgan fingerprint density at radius 2 is 2.10 bits per heavy atom. The fraction of sp³-hybridized carbons (Fsp3) is 0.562. The number of hydrogen-bond acceptors (Lipinski definition) is 3. The second-order valence-electron chi connectivity index (χ2n) is 5.24. The normalized spacial score (nSPS) is 13.6. The first-order valence-corrected chi connectivity index (χ1v) is 7.36. The molecule has 4 nitrogen and oxygen atoms in total. The van der Waals surface area contributed by atoms with Crippen LogP contribution in [0.15, 0.2) is 18.2 Å². The van der Waals surface area contributed by atoms with Gasteiger partial charge in [-0.3, -0.25) is 4.79 Å². The molecule has 0 fully saturated rings. The van der Waals surface area contributed by atoms with Crippen LogP contribution >= 0.6 is 0 Å². The Morgan fingerprint density at radius 1 is 1.38 bits per heavy atom. The molecule has 1 aromatic rings. The number of ether oxygens (including phenoxy) is 1. The number of carbonyl (C=O) groups is 1. The summed E-state index contributed by atoms with van der Waals surface area (Å²) in [6.07, 6.45) is 1.93. The van der Waals surface area contributed by atoms with Gasteiger partial charge in [0, 0.05) is 23.7 Å². The van der Waals surface area contributed by atoms with Crippen LogP contribution in [0.1, 0.15) is 45.2 Å². The van der Waals surface area contributed by atoms with E-state index in [0.29, 0.717) is 5.75 Å². The predicted octanol–water partition coefficient (Wildman–Crippen LogP) is 2.79. The molecular weight excluding hydrogens is 271 g/mol. The summed E-state index contributed by atoms with van der Waals surface area (Å²) in [7, 11) is 1.82. The smallest absolute Gasteiger partial charge is 0.258 e. The minimum absolute atomic E-state index is 0.0164. The minimum Gasteiger partial charge on any atom is -0.483 e. The summed E-state index contributed by atoms with van der Waals surface area (Å²) in [6, 6.07) is 4.51. The van der Waals surface area contributed by atoms with Gasteiger partial charge >= 0.3 is 0 Å². The molecule has 2 atom stereocenters. The topological polar surface area (TPSA) is 50.4 Å². The summed E-state index contributed by atoms with van der Waals surface area (Å²) < 4.78 is 18.8. The molecule has 0 radical (unpaired) electrons. The SMILES string of the molecule is CCCC(C)NC(=O)COc1cc(F)ccc1C(C)NC. The lowest BCUT2D eigenvalue weighted by molar-refractivity contribution is -0.123. The Labute approximate surface area is 126 Å². The molecule has 0 bridgehead atoms. The molecule has 0 aliphatic heterocycles. The molecule has 0 aliphatic carbocycles. The fourth-order valence-electron chi connectivity index (χ4n) is 2.11. The van der Waals surface area contributed by atoms with Crippen LogP contribution in [0.4, 0.5) is 4.39 Å². The van der Waals surface area contributed by atoms with Crippen molar-refractivity contribution in [2.75, 3.05) is 13.7 Å². The fourth-order valence-corrected chi connectivity index (χ4v) is 2.11. The second-order valence-corrected chi connectivity index (χ2v) is 5.24. The lowest BCUT2D eigenvalue weighted by Gasteiger charge is -2.17. The van der Waals surface area contributed by atoms with Crippen molar-refractivity contribution >= 4 is 5.91 Å². The molecule has 21 heavy (non-hydrogen) atoms. The third kappa shape index (κ3) is 5.71. The molecule has 2 N–H and O–H groups in total. The van der Waals surface area contributed by atoms with Gasteiger partial charge in [-0.2, -0.15) is 0 Å². The molecule has 118 valence electrons. The monoisotopic (exact) mass is 296 g/mol. The van der Waals surface area contributed by atoms with Crippen molar-refractivity contribution in [1.29, 1.82) is 0 Å². The Morgan fingerprint density at radius 3 is 2.71 bits per heavy atom. The second kappa shape index (κ2) is 8.62. The molecular formula is C16H25FN2O2. The first-order chi connectivity index (χ1) is 9.97. The van der Waals surface area contributed by atoms with Gasteiger partial charge in [0.2, 0.25) is 0 Å². The van der Waals surface area contributed by atoms with Crippen LogP contribution in [0.2, 0.25) is 0 Å². The third-order valence-corrected chi connectivity index (χ3v) is 3.36. The first kappa shape index (κ1) is 17.4. The number of benzene rings is 1. The van der Waals surface area contributed by atoms with E-state index in [0.717, 1.165) is 18.4 Å². The van der Waals surface area contributed by atoms with E-state index in [1.54, 1.807) is 6.07 Å². The van der Waals surface area contributed by atoms with Gasteiger partial charge < -0.3 is 15.4 Å². The molecule has 0 saturated carbocycles. The van der Waals surface area contributed by atoms with E-state index < -0.39 is 0 Å². The van der Waals surface area contributed by atoms with Crippen molar-refractivity contribution < 1.29 is 13.9 Å². The minimum atomic E-state index is -0.378. The Balaban J connectivity index is 2.65. The highest BCUT2D eigenvalue weighted by molar-refractivity contribution is 5.77. The van der Waals surface area contributed by atoms with E-state index in [4.69, 9.17) is 4.74 Å². The molecule has 0 aromatic heterocycles. The quantitative estimate of drug-likeness (QED) is 0.775. The maximum atomic E-state index is 13.3. The maximum Gasteiger partial charge on any atom is 0.258 e. The molecule has 0 aliphatic rings. The van der Waals surface area contributed by atoms with E-state index in [-0.39, 0.29) is 30.4 Å². The van der Waals surface area contributed by atoms with E-state index in [1.165, 1.54) is 12.1 Å². The highest BCUT2D eigenvalue weighted by atomic mass is 19.1. The van der Waals surface area contributed by atoms with E-state index >= 15 is 0 Å². The van der Waals surface area contributed by atoms with Crippen LogP contribution in [0.3, 0.4) is 0 Å². The summed E-state index contributed by atoms with van der Waals surface area (Å²) >= 11 is 0. The lowest BCUT2D eigenvalue weighted by atomic mass is 10.1. The van der Waals surface area contributed by atoms with Crippen LogP contribution in [-0.4, -0.2) is 25.6 Å². The van der Waals surface area contributed by atoms with Gasteiger partial charge in [0.05, 0.1) is 0 Å². The van der Waals surface area contributed by atoms with Crippen LogP contribution < -0.4 is 15.4 Å². The number of amides is 1. The van der Waals surface area contributed by atoms with Crippen molar-refractivity contribution in [2.45, 2.75) is 45.7 Å². The highest BCUT2D eigenvalue weighted by Crippen LogP contribution is 2.25. The Kier molecular flexibility index (Phi) is 7.15. The van der Waals surface area contributed by atoms with E-state index in [1.807, 2.05) is 20.9 Å². The highest BCUT2D eigenvalue weighted by Gasteiger charge is 2.13. The molecule has 1 rings (SSSR count). The summed E-state index contributed by atoms with van der Waals surface area (Å²) in [5.41, 5.74) is 0.827. The molecule has 0 saturated heterocycles. The molecule has 0 heterocycles. The van der Waals surface area contributed by atoms with Crippen LogP contribution in [0.5, 0.6) is 5.75 Å². The third-order valence-electron chi connectivity index (χ3n) is 3.36. The summed E-state index contributed by atoms with van der Waals surface area (Å²) in [6.45, 7) is 5.86. The molecule has 1 amide bonds. The average molecular weight is 296 g/mol. The number of rotatable bonds is 8. The van der Waals surface area contributed by atoms with Crippen LogP contribution in [0, 0.1) is 5.82 Å². The zero-order chi connectivity index (χ0) is 15.8. The Hall–Kier alpha value is -1.62. The zero-order valence-corrected chi connectivity index (χ0v) is 13.2. The van der Waals surface area contributed by atoms with Crippen molar-refractivity contribution in [3.63, 3.8) is 0 Å². The van der Waals surface area contributed by atoms with Gasteiger partial charge in [0.1, 0.15) is 11.6 Å². The van der Waals surface area contributed by atoms with Gasteiger partial charge in [0.15, 0.2) is 6.61 Å². The van der Waals surface area contributed by atoms with E-state index in [2.05, 4.69) is 17.6 Å². The number of nitrogens with one attached hydrogen (secondary N) is 2. The summed E-state index contributed by atoms with van der Waals surface area (Å²) in [4.78, 5) is 11.8. The standard InChI is InChI=1S/C16H25FN2O2/c1-5-6-11(2)19-16(20)10-21-15-9-13(17)7-8-14(15)12(3)18-4/h7-9,11-12,18H,5-6,10H2,1-4H3,(H,19,20). The largest absolute Gasteiger partial charge is 0.483 e. The first-order valence-electron chi connectivity index (χ1n) is 7.36. The van der Waals surface area contributed by atoms with Gasteiger partial charge in [-0.1, -0.05) is 19.4 Å². The lowest BCUT2D eigenvalue weighted by Crippen LogP contribution is -2.36. The maximum absolute atomic E-state index is 13.3. The zero-order valence-electron chi connectivity index (χ0n) is 13.2. The molecule has 2 unspecified atom stereocenters. The molecule has 5 heteroatoms. The molecule has 0 spiro atoms. The summed E-state index contributed by atoms with van der Waals surface area (Å²) in [5.74, 6) is -0.171. The van der Waals surface area contributed by atoms with Crippen molar-refractivity contribution in [2.24, 2.45) is 0 Å². The number of halogens is 1. The number of hydrogen-bond donors (Lipinski definition) is 2. The number of carbonyl (C=O) groups excluding carboxylic acids is 1. The Bertz CT molecular complexity index is 466. The van der Waals surface area contributed by atoms with Gasteiger partial charge in [0.25, 0.3) is 5.91 Å². The van der Waals surface area contributed by atoms with Crippen molar-refractivity contribution in [1.82, 2.24) is 10.6 Å². The summed E-state index contributed by atoms with van der Waals surface area (Å²) in [5, 5.41) is 5.93. The van der Waals surface area contributed by atoms with E-state index in [9.17, 15) is 9.18 Å². The van der Waals surface area contributed by atoms with Crippen LogP contribution in [0.25, 0.3) is 0 Å². The van der Waals surface area contributed by atoms with Crippen molar-refractivity contribution in [3.05, 3.63) is 29.6 Å². The molecule has 1 aromatic carbocycles. The van der Waals surface area contributed by atoms with Gasteiger partial charge in [-0.15, -0.1) is 0 Å². The van der Waals surface area contributed by atoms with Gasteiger partial charge in [-0.05, 0) is 33.4 Å². The van der Waals surface area contributed by atoms with Gasteiger partial charge in [-0.25, -0.2) is 4.39 Å². The predicted molar refractivity (Wildman–Crippen MR) is 81.9 cm³/mol. The van der Waals surface area contributed by atoms with Crippen LogP contribution in [-0.2, 0) is 4.79 Å². The average Bonchev–Trinajstić information content (AvgIpc) is 2.44. The van der Waals surface area contributed by atoms with Crippen molar-refractivity contribution in [3.8, 4) is 5.75 Å².